The van der Waals surface area contributed by atoms with Gasteiger partial charge in [0.1, 0.15) is 11.5 Å². The van der Waals surface area contributed by atoms with Crippen molar-refractivity contribution in [2.24, 2.45) is 5.10 Å². The zero-order valence-corrected chi connectivity index (χ0v) is 25.5. The van der Waals surface area contributed by atoms with E-state index in [9.17, 15) is 14.7 Å². The summed E-state index contributed by atoms with van der Waals surface area (Å²) in [7, 11) is 2.98. The lowest BCUT2D eigenvalue weighted by Gasteiger charge is -2.19. The van der Waals surface area contributed by atoms with Gasteiger partial charge in [-0.05, 0) is 85.2 Å². The Hall–Kier alpha value is -3.82. The van der Waals surface area contributed by atoms with Gasteiger partial charge in [0, 0.05) is 30.3 Å². The molecule has 0 unspecified atom stereocenters. The number of nitrogens with zero attached hydrogens (tertiary/aromatic N) is 1. The molecule has 216 valence electrons. The Morgan fingerprint density at radius 3 is 2.33 bits per heavy atom. The number of hydrazone groups is 1. The maximum absolute atomic E-state index is 10.8. The summed E-state index contributed by atoms with van der Waals surface area (Å²) in [5.74, 6) is -0.0356. The number of aliphatic hydroxyl groups excluding tert-OH is 1. The SMILES string of the molecule is CC.CC(=N)/C(C=O)=N/Nc1cc(C)cc(-c2ccc(C=O)s2)c1O.CNc1ccc2c(c1)C(C)(C)CC2.CO. The molecule has 0 saturated carbocycles. The molecule has 0 fully saturated rings. The zero-order valence-electron chi connectivity index (χ0n) is 24.7. The molecule has 3 aromatic rings. The van der Waals surface area contributed by atoms with Gasteiger partial charge < -0.3 is 20.9 Å². The molecular formula is C31H42N4O4S. The van der Waals surface area contributed by atoms with Crippen molar-refractivity contribution in [1.29, 1.82) is 5.41 Å². The molecule has 0 atom stereocenters. The number of thiophene rings is 1. The summed E-state index contributed by atoms with van der Waals surface area (Å²) < 4.78 is 0. The van der Waals surface area contributed by atoms with Crippen LogP contribution in [0.4, 0.5) is 11.4 Å². The third kappa shape index (κ3) is 8.86. The van der Waals surface area contributed by atoms with Crippen LogP contribution in [-0.4, -0.2) is 48.4 Å². The van der Waals surface area contributed by atoms with Crippen LogP contribution in [0.5, 0.6) is 5.75 Å². The largest absolute Gasteiger partial charge is 0.505 e. The quantitative estimate of drug-likeness (QED) is 0.0920. The molecule has 1 aromatic heterocycles. The Morgan fingerprint density at radius 1 is 1.10 bits per heavy atom. The number of aldehydes is 2. The van der Waals surface area contributed by atoms with E-state index in [-0.39, 0.29) is 17.2 Å². The second-order valence-corrected chi connectivity index (χ2v) is 10.5. The van der Waals surface area contributed by atoms with E-state index in [0.29, 0.717) is 27.8 Å². The number of rotatable bonds is 7. The van der Waals surface area contributed by atoms with Crippen molar-refractivity contribution in [3.63, 3.8) is 0 Å². The van der Waals surface area contributed by atoms with E-state index in [2.05, 4.69) is 47.9 Å². The van der Waals surface area contributed by atoms with E-state index in [1.807, 2.05) is 27.8 Å². The number of phenolic OH excluding ortho intramolecular Hbond substituents is 1. The van der Waals surface area contributed by atoms with Crippen molar-refractivity contribution in [1.82, 2.24) is 0 Å². The maximum Gasteiger partial charge on any atom is 0.172 e. The van der Waals surface area contributed by atoms with Crippen LogP contribution in [0.1, 0.15) is 67.4 Å². The fourth-order valence-electron chi connectivity index (χ4n) is 4.09. The number of phenols is 1. The Kier molecular flexibility index (Phi) is 14.0. The number of anilines is 2. The molecule has 40 heavy (non-hydrogen) atoms. The Balaban J connectivity index is 0.000000397. The molecule has 5 N–H and O–H groups in total. The Labute approximate surface area is 241 Å². The predicted molar refractivity (Wildman–Crippen MR) is 169 cm³/mol. The molecule has 2 aromatic carbocycles. The maximum atomic E-state index is 10.8. The molecule has 0 amide bonds. The van der Waals surface area contributed by atoms with Gasteiger partial charge in [0.2, 0.25) is 0 Å². The first kappa shape index (κ1) is 34.2. The van der Waals surface area contributed by atoms with Crippen LogP contribution in [0, 0.1) is 12.3 Å². The number of aliphatic hydroxyl groups is 1. The topological polar surface area (TPSA) is 135 Å². The molecule has 8 nitrogen and oxygen atoms in total. The molecular weight excluding hydrogens is 524 g/mol. The van der Waals surface area contributed by atoms with E-state index in [0.717, 1.165) is 23.8 Å². The van der Waals surface area contributed by atoms with E-state index in [4.69, 9.17) is 10.5 Å². The highest BCUT2D eigenvalue weighted by molar-refractivity contribution is 7.17. The lowest BCUT2D eigenvalue weighted by Crippen LogP contribution is -2.12. The normalized spacial score (nSPS) is 12.7. The Bertz CT molecular complexity index is 1330. The highest BCUT2D eigenvalue weighted by atomic mass is 32.1. The summed E-state index contributed by atoms with van der Waals surface area (Å²) in [5, 5.41) is 31.9. The fourth-order valence-corrected chi connectivity index (χ4v) is 4.93. The van der Waals surface area contributed by atoms with Gasteiger partial charge in [-0.3, -0.25) is 15.0 Å². The first-order valence-corrected chi connectivity index (χ1v) is 13.9. The average molecular weight is 567 g/mol. The van der Waals surface area contributed by atoms with E-state index in [1.165, 1.54) is 47.9 Å². The number of benzene rings is 2. The summed E-state index contributed by atoms with van der Waals surface area (Å²) in [6.45, 7) is 12.0. The van der Waals surface area contributed by atoms with Gasteiger partial charge in [-0.1, -0.05) is 33.8 Å². The lowest BCUT2D eigenvalue weighted by atomic mass is 9.86. The van der Waals surface area contributed by atoms with E-state index < -0.39 is 0 Å². The van der Waals surface area contributed by atoms with E-state index >= 15 is 0 Å². The summed E-state index contributed by atoms with van der Waals surface area (Å²) in [6, 6.07) is 13.6. The zero-order chi connectivity index (χ0) is 30.5. The number of nitrogens with one attached hydrogen (secondary N) is 3. The van der Waals surface area contributed by atoms with Crippen LogP contribution in [0.25, 0.3) is 10.4 Å². The first-order chi connectivity index (χ1) is 19.1. The van der Waals surface area contributed by atoms with Crippen LogP contribution < -0.4 is 10.7 Å². The van der Waals surface area contributed by atoms with Gasteiger partial charge in [0.05, 0.1) is 16.3 Å². The molecule has 9 heteroatoms. The first-order valence-electron chi connectivity index (χ1n) is 13.1. The van der Waals surface area contributed by atoms with Crippen molar-refractivity contribution < 1.29 is 19.8 Å². The number of hydrogen-bond acceptors (Lipinski definition) is 9. The molecule has 0 bridgehead atoms. The smallest absolute Gasteiger partial charge is 0.172 e. The van der Waals surface area contributed by atoms with Crippen LogP contribution >= 0.6 is 11.3 Å². The summed E-state index contributed by atoms with van der Waals surface area (Å²) in [5.41, 5.74) is 9.02. The summed E-state index contributed by atoms with van der Waals surface area (Å²) >= 11 is 1.27. The van der Waals surface area contributed by atoms with Crippen LogP contribution in [-0.2, 0) is 16.6 Å². The summed E-state index contributed by atoms with van der Waals surface area (Å²) in [4.78, 5) is 23.0. The number of aromatic hydroxyl groups is 1. The third-order valence-electron chi connectivity index (χ3n) is 6.20. The number of hydrogen-bond donors (Lipinski definition) is 5. The highest BCUT2D eigenvalue weighted by Crippen LogP contribution is 2.40. The molecule has 1 aliphatic rings. The van der Waals surface area contributed by atoms with Crippen molar-refractivity contribution >= 4 is 46.7 Å². The van der Waals surface area contributed by atoms with Gasteiger partial charge in [-0.15, -0.1) is 11.3 Å². The van der Waals surface area contributed by atoms with Gasteiger partial charge >= 0.3 is 0 Å². The Morgan fingerprint density at radius 2 is 1.77 bits per heavy atom. The molecule has 0 radical (unpaired) electrons. The fraction of sp³-hybridized carbons (Fsp3) is 0.355. The van der Waals surface area contributed by atoms with Crippen LogP contribution in [0.3, 0.4) is 0 Å². The van der Waals surface area contributed by atoms with Crippen molar-refractivity contribution in [2.45, 2.75) is 59.8 Å². The monoisotopic (exact) mass is 566 g/mol. The van der Waals surface area contributed by atoms with Gasteiger partial charge in [-0.2, -0.15) is 5.10 Å². The van der Waals surface area contributed by atoms with Crippen LogP contribution in [0.15, 0.2) is 47.6 Å². The average Bonchev–Trinajstić information content (AvgIpc) is 3.56. The standard InChI is InChI=1S/C16H15N3O3S.C12H17N.C2H6.CH4O/c1-9-5-12(15-4-3-11(7-20)23-15)16(22)13(6-9)18-19-14(8-21)10(2)17;1-12(2)7-6-9-4-5-10(13-3)8-11(9)12;2*1-2/h3-8,17-18,22H,1-2H3;4-5,8,13H,6-7H2,1-3H3;1-2H3;2H,1H3/b17-10?,19-14+;;;. The molecule has 1 aliphatic carbocycles. The predicted octanol–water partition coefficient (Wildman–Crippen LogP) is 6.83. The van der Waals surface area contributed by atoms with E-state index in [1.54, 1.807) is 24.3 Å². The third-order valence-corrected chi connectivity index (χ3v) is 7.25. The lowest BCUT2D eigenvalue weighted by molar-refractivity contribution is -0.102. The second-order valence-electron chi connectivity index (χ2n) is 9.39. The van der Waals surface area contributed by atoms with Gasteiger partial charge in [0.25, 0.3) is 0 Å². The number of fused-ring (bicyclic) bond motifs is 1. The molecule has 1 heterocycles. The second kappa shape index (κ2) is 16.3. The molecule has 0 spiro atoms. The molecule has 0 saturated heterocycles. The summed E-state index contributed by atoms with van der Waals surface area (Å²) in [6.07, 6.45) is 3.76. The minimum absolute atomic E-state index is 0.0220. The van der Waals surface area contributed by atoms with Crippen molar-refractivity contribution in [2.75, 3.05) is 24.9 Å². The van der Waals surface area contributed by atoms with Crippen molar-refractivity contribution in [3.8, 4) is 16.2 Å². The van der Waals surface area contributed by atoms with Gasteiger partial charge in [-0.25, -0.2) is 0 Å². The van der Waals surface area contributed by atoms with Crippen molar-refractivity contribution in [3.05, 3.63) is 64.0 Å². The van der Waals surface area contributed by atoms with Gasteiger partial charge in [0.15, 0.2) is 12.6 Å². The minimum atomic E-state index is -0.0492. The van der Waals surface area contributed by atoms with Crippen LogP contribution in [0.2, 0.25) is 0 Å². The number of carbonyl (C=O) groups is 2. The minimum Gasteiger partial charge on any atom is -0.505 e. The molecule has 0 aliphatic heterocycles. The number of carbonyl (C=O) groups excluding carboxylic acids is 2. The molecule has 4 rings (SSSR count). The highest BCUT2D eigenvalue weighted by Gasteiger charge is 2.29. The number of aryl methyl sites for hydroxylation is 2.